The first-order chi connectivity index (χ1) is 12.7. The van der Waals surface area contributed by atoms with Crippen molar-refractivity contribution in [3.63, 3.8) is 0 Å². The molecule has 0 saturated heterocycles. The van der Waals surface area contributed by atoms with Crippen LogP contribution < -0.4 is 5.32 Å². The summed E-state index contributed by atoms with van der Waals surface area (Å²) in [6, 6.07) is 9.51. The average Bonchev–Trinajstić information content (AvgIpc) is 2.82. The maximum atomic E-state index is 13.2. The number of nitrogens with one attached hydrogen (secondary N) is 1. The minimum absolute atomic E-state index is 0.145. The monoisotopic (exact) mass is 371 g/mol. The number of carbonyl (C=O) groups excluding carboxylic acids is 3. The zero-order valence-corrected chi connectivity index (χ0v) is 15.9. The molecule has 2 amide bonds. The number of ketones is 1. The number of amides is 2. The van der Waals surface area contributed by atoms with Crippen LogP contribution in [0.5, 0.6) is 0 Å². The second kappa shape index (κ2) is 7.13. The van der Waals surface area contributed by atoms with Gasteiger partial charge in [-0.2, -0.15) is 0 Å². The Morgan fingerprint density at radius 1 is 1.19 bits per heavy atom. The van der Waals surface area contributed by atoms with Crippen LogP contribution in [0, 0.1) is 0 Å². The van der Waals surface area contributed by atoms with Gasteiger partial charge in [0.15, 0.2) is 0 Å². The molecule has 7 heteroatoms. The van der Waals surface area contributed by atoms with Crippen molar-refractivity contribution in [2.24, 2.45) is 4.99 Å². The molecule has 1 saturated carbocycles. The first kappa shape index (κ1) is 19.1. The lowest BCUT2D eigenvalue weighted by Crippen LogP contribution is -2.48. The molecule has 1 fully saturated rings. The van der Waals surface area contributed by atoms with E-state index >= 15 is 0 Å². The number of hydrogen-bond acceptors (Lipinski definition) is 5. The molecule has 0 aromatic heterocycles. The van der Waals surface area contributed by atoms with Gasteiger partial charge in [0.05, 0.1) is 6.54 Å². The van der Waals surface area contributed by atoms with E-state index in [2.05, 4.69) is 10.3 Å². The molecule has 2 aliphatic rings. The van der Waals surface area contributed by atoms with E-state index in [1.54, 1.807) is 20.8 Å². The van der Waals surface area contributed by atoms with Gasteiger partial charge in [0.1, 0.15) is 16.9 Å². The summed E-state index contributed by atoms with van der Waals surface area (Å²) in [5.74, 6) is 0.157. The predicted octanol–water partition coefficient (Wildman–Crippen LogP) is 2.79. The topological polar surface area (TPSA) is 88.1 Å². The number of benzene rings is 1. The van der Waals surface area contributed by atoms with Gasteiger partial charge in [0, 0.05) is 12.8 Å². The van der Waals surface area contributed by atoms with Gasteiger partial charge < -0.3 is 4.74 Å². The van der Waals surface area contributed by atoms with Gasteiger partial charge >= 0.3 is 6.09 Å². The molecule has 1 heterocycles. The maximum Gasteiger partial charge on any atom is 0.414 e. The summed E-state index contributed by atoms with van der Waals surface area (Å²) in [4.78, 5) is 43.1. The Kier molecular flexibility index (Phi) is 5.04. The molecular weight excluding hydrogens is 346 g/mol. The second-order valence-electron chi connectivity index (χ2n) is 8.01. The van der Waals surface area contributed by atoms with Crippen molar-refractivity contribution < 1.29 is 19.1 Å². The standard InChI is InChI=1S/C20H25N3O4/c1-19(2,3)27-18(26)21-17-22-20(11-9-15(24)10-12-20)16(25)23(17)13-14-7-5-4-6-8-14/h4-8H,9-13H2,1-3H3,(H,21,22,26). The lowest BCUT2D eigenvalue weighted by molar-refractivity contribution is -0.134. The third kappa shape index (κ3) is 4.35. The lowest BCUT2D eigenvalue weighted by atomic mass is 9.81. The van der Waals surface area contributed by atoms with E-state index in [1.807, 2.05) is 30.3 Å². The second-order valence-corrected chi connectivity index (χ2v) is 8.01. The molecule has 7 nitrogen and oxygen atoms in total. The van der Waals surface area contributed by atoms with Crippen molar-refractivity contribution in [1.29, 1.82) is 0 Å². The van der Waals surface area contributed by atoms with E-state index in [1.165, 1.54) is 4.90 Å². The minimum atomic E-state index is -0.965. The zero-order valence-electron chi connectivity index (χ0n) is 15.9. The van der Waals surface area contributed by atoms with Crippen molar-refractivity contribution in [3.8, 4) is 0 Å². The summed E-state index contributed by atoms with van der Waals surface area (Å²) < 4.78 is 5.30. The number of Topliss-reactive ketones (excluding diaryl/α,β-unsaturated/α-hetero) is 1. The largest absolute Gasteiger partial charge is 0.444 e. The first-order valence-electron chi connectivity index (χ1n) is 9.16. The minimum Gasteiger partial charge on any atom is -0.444 e. The number of carbonyl (C=O) groups is 3. The highest BCUT2D eigenvalue weighted by molar-refractivity contribution is 6.11. The molecule has 27 heavy (non-hydrogen) atoms. The van der Waals surface area contributed by atoms with E-state index in [-0.39, 0.29) is 17.6 Å². The summed E-state index contributed by atoms with van der Waals surface area (Å²) in [6.07, 6.45) is 0.740. The van der Waals surface area contributed by atoms with Gasteiger partial charge in [-0.1, -0.05) is 30.3 Å². The van der Waals surface area contributed by atoms with Gasteiger partial charge in [0.2, 0.25) is 5.96 Å². The number of guanidine groups is 1. The van der Waals surface area contributed by atoms with Crippen LogP contribution in [0.1, 0.15) is 52.0 Å². The molecule has 1 spiro atoms. The van der Waals surface area contributed by atoms with Crippen LogP contribution in [-0.4, -0.2) is 39.8 Å². The van der Waals surface area contributed by atoms with E-state index in [9.17, 15) is 14.4 Å². The molecule has 1 aliphatic heterocycles. The van der Waals surface area contributed by atoms with Gasteiger partial charge in [-0.25, -0.2) is 9.79 Å². The van der Waals surface area contributed by atoms with Crippen LogP contribution in [0.2, 0.25) is 0 Å². The Morgan fingerprint density at radius 2 is 1.81 bits per heavy atom. The first-order valence-corrected chi connectivity index (χ1v) is 9.16. The van der Waals surface area contributed by atoms with Crippen molar-refractivity contribution in [2.75, 3.05) is 0 Å². The summed E-state index contributed by atoms with van der Waals surface area (Å²) in [5, 5.41) is 2.63. The summed E-state index contributed by atoms with van der Waals surface area (Å²) in [6.45, 7) is 5.60. The van der Waals surface area contributed by atoms with Gasteiger partial charge in [-0.3, -0.25) is 19.8 Å². The fourth-order valence-electron chi connectivity index (χ4n) is 3.33. The molecule has 1 aromatic carbocycles. The number of alkyl carbamates (subject to hydrolysis) is 1. The molecule has 0 atom stereocenters. The van der Waals surface area contributed by atoms with Crippen LogP contribution >= 0.6 is 0 Å². The summed E-state index contributed by atoms with van der Waals surface area (Å²) in [7, 11) is 0. The molecule has 1 aliphatic carbocycles. The predicted molar refractivity (Wildman–Crippen MR) is 100 cm³/mol. The van der Waals surface area contributed by atoms with Crippen molar-refractivity contribution in [1.82, 2.24) is 10.2 Å². The fourth-order valence-corrected chi connectivity index (χ4v) is 3.33. The van der Waals surface area contributed by atoms with Gasteiger partial charge in [-0.05, 0) is 39.2 Å². The summed E-state index contributed by atoms with van der Waals surface area (Å²) in [5.41, 5.74) is -0.701. The Balaban J connectivity index is 1.85. The smallest absolute Gasteiger partial charge is 0.414 e. The van der Waals surface area contributed by atoms with Crippen molar-refractivity contribution >= 4 is 23.7 Å². The number of ether oxygens (including phenoxy) is 1. The number of nitrogens with zero attached hydrogens (tertiary/aromatic N) is 2. The van der Waals surface area contributed by atoms with E-state index in [4.69, 9.17) is 4.74 Å². The van der Waals surface area contributed by atoms with Crippen molar-refractivity contribution in [3.05, 3.63) is 35.9 Å². The van der Waals surface area contributed by atoms with Crippen LogP contribution in [0.4, 0.5) is 4.79 Å². The highest BCUT2D eigenvalue weighted by Crippen LogP contribution is 2.36. The third-order valence-electron chi connectivity index (χ3n) is 4.65. The Hall–Kier alpha value is -2.70. The lowest BCUT2D eigenvalue weighted by Gasteiger charge is -2.29. The Morgan fingerprint density at radius 3 is 2.41 bits per heavy atom. The number of aliphatic imine (C=N–C) groups is 1. The average molecular weight is 371 g/mol. The molecule has 0 unspecified atom stereocenters. The van der Waals surface area contributed by atoms with Gasteiger partial charge in [0.25, 0.3) is 5.91 Å². The van der Waals surface area contributed by atoms with E-state index in [0.717, 1.165) is 5.56 Å². The zero-order chi connectivity index (χ0) is 19.7. The Labute approximate surface area is 158 Å². The highest BCUT2D eigenvalue weighted by Gasteiger charge is 2.50. The summed E-state index contributed by atoms with van der Waals surface area (Å²) >= 11 is 0. The van der Waals surface area contributed by atoms with Gasteiger partial charge in [-0.15, -0.1) is 0 Å². The quantitative estimate of drug-likeness (QED) is 0.866. The molecule has 1 N–H and O–H groups in total. The third-order valence-corrected chi connectivity index (χ3v) is 4.65. The SMILES string of the molecule is CC(C)(C)OC(=O)NC1=NC2(CCC(=O)CC2)C(=O)N1Cc1ccccc1. The Bertz CT molecular complexity index is 770. The van der Waals surface area contributed by atoms with Crippen LogP contribution in [0.3, 0.4) is 0 Å². The molecule has 0 bridgehead atoms. The van der Waals surface area contributed by atoms with Crippen LogP contribution in [0.25, 0.3) is 0 Å². The molecule has 1 aromatic rings. The molecule has 3 rings (SSSR count). The van der Waals surface area contributed by atoms with E-state index in [0.29, 0.717) is 32.2 Å². The van der Waals surface area contributed by atoms with Crippen molar-refractivity contribution in [2.45, 2.75) is 64.1 Å². The van der Waals surface area contributed by atoms with Crippen LogP contribution in [-0.2, 0) is 20.9 Å². The molecular formula is C20H25N3O4. The van der Waals surface area contributed by atoms with Crippen LogP contribution in [0.15, 0.2) is 35.3 Å². The normalized spacial score (nSPS) is 19.2. The highest BCUT2D eigenvalue weighted by atomic mass is 16.6. The molecule has 0 radical (unpaired) electrons. The fraction of sp³-hybridized carbons (Fsp3) is 0.500. The maximum absolute atomic E-state index is 13.2. The van der Waals surface area contributed by atoms with E-state index < -0.39 is 17.2 Å². The number of hydrogen-bond donors (Lipinski definition) is 1. The number of rotatable bonds is 2. The molecule has 144 valence electrons.